The van der Waals surface area contributed by atoms with Crippen molar-refractivity contribution < 1.29 is 18.3 Å². The molecule has 0 unspecified atom stereocenters. The van der Waals surface area contributed by atoms with Crippen LogP contribution in [-0.4, -0.2) is 46.0 Å². The van der Waals surface area contributed by atoms with E-state index in [1.54, 1.807) is 6.92 Å². The van der Waals surface area contributed by atoms with Crippen LogP contribution in [0.1, 0.15) is 21.3 Å². The number of hydrogen-bond acceptors (Lipinski definition) is 6. The van der Waals surface area contributed by atoms with E-state index >= 15 is 0 Å². The van der Waals surface area contributed by atoms with Crippen molar-refractivity contribution in [3.05, 3.63) is 28.0 Å². The number of thiophene rings is 1. The number of sulfonamides is 1. The molecule has 0 aliphatic heterocycles. The number of aryl methyl sites for hydroxylation is 1. The van der Waals surface area contributed by atoms with E-state index in [1.165, 1.54) is 18.5 Å². The van der Waals surface area contributed by atoms with Crippen molar-refractivity contribution in [1.82, 2.24) is 19.5 Å². The van der Waals surface area contributed by atoms with Crippen LogP contribution >= 0.6 is 11.3 Å². The number of H-pyrrole nitrogens is 1. The quantitative estimate of drug-likeness (QED) is 0.838. The van der Waals surface area contributed by atoms with Crippen LogP contribution in [0.4, 0.5) is 0 Å². The smallest absolute Gasteiger partial charge is 0.347 e. The summed E-state index contributed by atoms with van der Waals surface area (Å²) in [5.41, 5.74) is 0. The Labute approximate surface area is 119 Å². The maximum atomic E-state index is 12.3. The molecule has 2 aromatic rings. The first kappa shape index (κ1) is 14.6. The van der Waals surface area contributed by atoms with Crippen LogP contribution < -0.4 is 0 Å². The number of rotatable bonds is 5. The topological polar surface area (TPSA) is 116 Å². The van der Waals surface area contributed by atoms with Gasteiger partial charge in [0.15, 0.2) is 5.82 Å². The molecule has 0 aliphatic carbocycles. The molecule has 0 atom stereocenters. The second kappa shape index (κ2) is 5.31. The van der Waals surface area contributed by atoms with Crippen molar-refractivity contribution in [2.45, 2.75) is 18.4 Å². The first-order chi connectivity index (χ1) is 9.32. The highest BCUT2D eigenvalue weighted by Gasteiger charge is 2.28. The van der Waals surface area contributed by atoms with E-state index in [4.69, 9.17) is 5.11 Å². The van der Waals surface area contributed by atoms with Gasteiger partial charge in [0.1, 0.15) is 15.6 Å². The number of aromatic nitrogens is 3. The van der Waals surface area contributed by atoms with Gasteiger partial charge in [-0.3, -0.25) is 5.10 Å². The number of carbonyl (C=O) groups is 1. The first-order valence-electron chi connectivity index (χ1n) is 5.47. The maximum absolute atomic E-state index is 12.3. The van der Waals surface area contributed by atoms with Crippen molar-refractivity contribution in [3.8, 4) is 0 Å². The summed E-state index contributed by atoms with van der Waals surface area (Å²) in [5, 5.41) is 16.9. The molecule has 2 rings (SSSR count). The number of aromatic amines is 1. The number of carboxylic acid groups (broad SMARTS) is 1. The van der Waals surface area contributed by atoms with Gasteiger partial charge in [-0.15, -0.1) is 11.3 Å². The standard InChI is InChI=1S/C10H12N4O4S2/c1-6-11-8(13-12-6)5-14(2)20(17,18)7-3-4-19-9(7)10(15)16/h3-4H,5H2,1-2H3,(H,15,16)(H,11,12,13). The lowest BCUT2D eigenvalue weighted by Crippen LogP contribution is -2.27. The molecule has 0 fully saturated rings. The van der Waals surface area contributed by atoms with Gasteiger partial charge in [-0.25, -0.2) is 18.2 Å². The highest BCUT2D eigenvalue weighted by atomic mass is 32.2. The second-order valence-electron chi connectivity index (χ2n) is 4.02. The van der Waals surface area contributed by atoms with Crippen molar-refractivity contribution >= 4 is 27.3 Å². The largest absolute Gasteiger partial charge is 0.477 e. The Balaban J connectivity index is 2.30. The molecule has 2 aromatic heterocycles. The van der Waals surface area contributed by atoms with E-state index in [1.807, 2.05) is 0 Å². The Morgan fingerprint density at radius 1 is 1.55 bits per heavy atom. The number of hydrogen-bond donors (Lipinski definition) is 2. The minimum absolute atomic E-state index is 0.0401. The molecule has 0 saturated carbocycles. The number of nitrogens with zero attached hydrogens (tertiary/aromatic N) is 3. The molecule has 0 amide bonds. The zero-order valence-electron chi connectivity index (χ0n) is 10.7. The first-order valence-corrected chi connectivity index (χ1v) is 7.79. The lowest BCUT2D eigenvalue weighted by molar-refractivity contribution is 0.0698. The molecule has 0 aliphatic rings. The third-order valence-electron chi connectivity index (χ3n) is 2.52. The minimum atomic E-state index is -3.89. The Bertz CT molecular complexity index is 734. The van der Waals surface area contributed by atoms with Gasteiger partial charge in [-0.2, -0.15) is 9.40 Å². The molecule has 20 heavy (non-hydrogen) atoms. The molecular weight excluding hydrogens is 304 g/mol. The fraction of sp³-hybridized carbons (Fsp3) is 0.300. The van der Waals surface area contributed by atoms with Gasteiger partial charge in [-0.1, -0.05) is 0 Å². The van der Waals surface area contributed by atoms with Gasteiger partial charge in [0.2, 0.25) is 10.0 Å². The van der Waals surface area contributed by atoms with Crippen LogP contribution in [0.3, 0.4) is 0 Å². The van der Waals surface area contributed by atoms with Crippen molar-refractivity contribution in [1.29, 1.82) is 0 Å². The monoisotopic (exact) mass is 316 g/mol. The molecule has 10 heteroatoms. The number of aromatic carboxylic acids is 1. The SMILES string of the molecule is Cc1nc(CN(C)S(=O)(=O)c2ccsc2C(=O)O)n[nH]1. The predicted octanol–water partition coefficient (Wildman–Crippen LogP) is 0.694. The Hall–Kier alpha value is -1.78. The molecule has 0 aromatic carbocycles. The summed E-state index contributed by atoms with van der Waals surface area (Å²) in [6.07, 6.45) is 0. The van der Waals surface area contributed by atoms with Crippen LogP contribution in [0, 0.1) is 6.92 Å². The van der Waals surface area contributed by atoms with Crippen LogP contribution in [0.5, 0.6) is 0 Å². The Morgan fingerprint density at radius 3 is 2.80 bits per heavy atom. The van der Waals surface area contributed by atoms with E-state index in [-0.39, 0.29) is 16.3 Å². The van der Waals surface area contributed by atoms with Crippen molar-refractivity contribution in [2.75, 3.05) is 7.05 Å². The van der Waals surface area contributed by atoms with Gasteiger partial charge in [-0.05, 0) is 18.4 Å². The molecule has 0 bridgehead atoms. The third-order valence-corrected chi connectivity index (χ3v) is 5.40. The number of nitrogens with one attached hydrogen (secondary N) is 1. The van der Waals surface area contributed by atoms with Crippen LogP contribution in [-0.2, 0) is 16.6 Å². The van der Waals surface area contributed by atoms with Crippen molar-refractivity contribution in [2.24, 2.45) is 0 Å². The molecule has 2 N–H and O–H groups in total. The highest BCUT2D eigenvalue weighted by Crippen LogP contribution is 2.25. The van der Waals surface area contributed by atoms with Gasteiger partial charge in [0.25, 0.3) is 0 Å². The van der Waals surface area contributed by atoms with E-state index in [0.717, 1.165) is 15.6 Å². The summed E-state index contributed by atoms with van der Waals surface area (Å²) in [6, 6.07) is 1.28. The predicted molar refractivity (Wildman–Crippen MR) is 71.1 cm³/mol. The van der Waals surface area contributed by atoms with E-state index in [0.29, 0.717) is 11.6 Å². The summed E-state index contributed by atoms with van der Waals surface area (Å²) < 4.78 is 25.7. The third kappa shape index (κ3) is 2.71. The summed E-state index contributed by atoms with van der Waals surface area (Å²) in [5.74, 6) is -0.367. The molecule has 0 radical (unpaired) electrons. The summed E-state index contributed by atoms with van der Waals surface area (Å²) >= 11 is 0.870. The zero-order valence-corrected chi connectivity index (χ0v) is 12.3. The minimum Gasteiger partial charge on any atom is -0.477 e. The average molecular weight is 316 g/mol. The van der Waals surface area contributed by atoms with Crippen molar-refractivity contribution in [3.63, 3.8) is 0 Å². The lowest BCUT2D eigenvalue weighted by atomic mass is 10.5. The molecule has 2 heterocycles. The molecule has 0 saturated heterocycles. The van der Waals surface area contributed by atoms with Gasteiger partial charge in [0, 0.05) is 7.05 Å². The summed E-state index contributed by atoms with van der Waals surface area (Å²) in [4.78, 5) is 14.6. The average Bonchev–Trinajstić information content (AvgIpc) is 2.98. The van der Waals surface area contributed by atoms with Crippen LogP contribution in [0.2, 0.25) is 0 Å². The zero-order chi connectivity index (χ0) is 14.9. The Morgan fingerprint density at radius 2 is 2.25 bits per heavy atom. The van der Waals surface area contributed by atoms with Crippen LogP contribution in [0.25, 0.3) is 0 Å². The summed E-state index contributed by atoms with van der Waals surface area (Å²) in [6.45, 7) is 1.66. The molecule has 0 spiro atoms. The Kier molecular flexibility index (Phi) is 3.88. The second-order valence-corrected chi connectivity index (χ2v) is 6.95. The fourth-order valence-electron chi connectivity index (χ4n) is 1.57. The van der Waals surface area contributed by atoms with E-state index < -0.39 is 16.0 Å². The number of carboxylic acids is 1. The maximum Gasteiger partial charge on any atom is 0.347 e. The molecule has 108 valence electrons. The lowest BCUT2D eigenvalue weighted by Gasteiger charge is -2.15. The van der Waals surface area contributed by atoms with Crippen LogP contribution in [0.15, 0.2) is 16.3 Å². The highest BCUT2D eigenvalue weighted by molar-refractivity contribution is 7.89. The normalized spacial score (nSPS) is 11.9. The molecular formula is C10H12N4O4S2. The fourth-order valence-corrected chi connectivity index (χ4v) is 3.92. The summed E-state index contributed by atoms with van der Waals surface area (Å²) in [7, 11) is -2.54. The van der Waals surface area contributed by atoms with E-state index in [2.05, 4.69) is 15.2 Å². The van der Waals surface area contributed by atoms with E-state index in [9.17, 15) is 13.2 Å². The molecule has 8 nitrogen and oxygen atoms in total. The van der Waals surface area contributed by atoms with Gasteiger partial charge >= 0.3 is 5.97 Å². The van der Waals surface area contributed by atoms with Gasteiger partial charge in [0.05, 0.1) is 6.54 Å². The van der Waals surface area contributed by atoms with Gasteiger partial charge < -0.3 is 5.11 Å².